The predicted octanol–water partition coefficient (Wildman–Crippen LogP) is 2.28. The van der Waals surface area contributed by atoms with Gasteiger partial charge >= 0.3 is 0 Å². The maximum atomic E-state index is 13.8. The van der Waals surface area contributed by atoms with Gasteiger partial charge in [0.1, 0.15) is 12.1 Å². The van der Waals surface area contributed by atoms with Gasteiger partial charge in [-0.15, -0.1) is 0 Å². The van der Waals surface area contributed by atoms with Crippen LogP contribution in [0.25, 0.3) is 0 Å². The molecule has 2 N–H and O–H groups in total. The zero-order valence-corrected chi connectivity index (χ0v) is 24.5. The van der Waals surface area contributed by atoms with Crippen molar-refractivity contribution in [2.75, 3.05) is 25.9 Å². The average molecular weight is 581 g/mol. The van der Waals surface area contributed by atoms with E-state index in [0.29, 0.717) is 0 Å². The fourth-order valence-corrected chi connectivity index (χ4v) is 5.17. The Morgan fingerprint density at radius 2 is 1.49 bits per heavy atom. The number of hydrogen-bond acceptors (Lipinski definition) is 7. The van der Waals surface area contributed by atoms with E-state index in [4.69, 9.17) is 0 Å². The van der Waals surface area contributed by atoms with Crippen LogP contribution in [0.1, 0.15) is 53.5 Å². The van der Waals surface area contributed by atoms with Crippen molar-refractivity contribution in [1.82, 2.24) is 20.4 Å². The van der Waals surface area contributed by atoms with Crippen LogP contribution < -0.4 is 10.6 Å². The summed E-state index contributed by atoms with van der Waals surface area (Å²) in [5.41, 5.74) is 1.42. The third-order valence-electron chi connectivity index (χ3n) is 6.70. The summed E-state index contributed by atoms with van der Waals surface area (Å²) in [5.74, 6) is -2.57. The van der Waals surface area contributed by atoms with Gasteiger partial charge in [0.15, 0.2) is 5.12 Å². The zero-order valence-electron chi connectivity index (χ0n) is 23.7. The first kappa shape index (κ1) is 31.5. The van der Waals surface area contributed by atoms with E-state index in [1.165, 1.54) is 18.9 Å². The molecule has 41 heavy (non-hydrogen) atoms. The van der Waals surface area contributed by atoms with E-state index in [9.17, 15) is 28.8 Å². The summed E-state index contributed by atoms with van der Waals surface area (Å²) in [6.07, 6.45) is 0.500. The maximum Gasteiger partial charge on any atom is 0.261 e. The van der Waals surface area contributed by atoms with E-state index in [0.717, 1.165) is 22.2 Å². The van der Waals surface area contributed by atoms with Crippen LogP contribution in [-0.4, -0.2) is 82.4 Å². The molecule has 1 aliphatic rings. The smallest absolute Gasteiger partial charge is 0.261 e. The molecule has 10 nitrogen and oxygen atoms in total. The summed E-state index contributed by atoms with van der Waals surface area (Å²) in [6.45, 7) is 4.90. The molecule has 3 rings (SSSR count). The number of thioether (sulfide) groups is 1. The Balaban J connectivity index is 1.87. The van der Waals surface area contributed by atoms with Crippen LogP contribution in [0.4, 0.5) is 0 Å². The second-order valence-electron chi connectivity index (χ2n) is 10.2. The van der Waals surface area contributed by atoms with Gasteiger partial charge in [0.2, 0.25) is 17.7 Å². The van der Waals surface area contributed by atoms with Crippen molar-refractivity contribution in [1.29, 1.82) is 0 Å². The number of rotatable bonds is 13. The Hall–Kier alpha value is -3.99. The van der Waals surface area contributed by atoms with Gasteiger partial charge < -0.3 is 15.5 Å². The fraction of sp³-hybridized carbons (Fsp3) is 0.400. The Morgan fingerprint density at radius 1 is 0.902 bits per heavy atom. The second-order valence-corrected chi connectivity index (χ2v) is 11.3. The summed E-state index contributed by atoms with van der Waals surface area (Å²) < 4.78 is 0. The van der Waals surface area contributed by atoms with Crippen molar-refractivity contribution in [2.24, 2.45) is 5.92 Å². The molecule has 2 atom stereocenters. The Bertz CT molecular complexity index is 1260. The highest BCUT2D eigenvalue weighted by Crippen LogP contribution is 2.23. The largest absolute Gasteiger partial charge is 0.357 e. The van der Waals surface area contributed by atoms with E-state index >= 15 is 0 Å². The minimum Gasteiger partial charge on any atom is -0.357 e. The van der Waals surface area contributed by atoms with Crippen molar-refractivity contribution in [3.05, 3.63) is 71.3 Å². The van der Waals surface area contributed by atoms with Crippen LogP contribution in [0.2, 0.25) is 0 Å². The number of carbonyl (C=O) groups is 6. The minimum atomic E-state index is -1.01. The van der Waals surface area contributed by atoms with Gasteiger partial charge in [-0.05, 0) is 30.0 Å². The molecule has 0 fully saturated rings. The van der Waals surface area contributed by atoms with Crippen molar-refractivity contribution in [3.8, 4) is 0 Å². The molecule has 0 saturated heterocycles. The van der Waals surface area contributed by atoms with E-state index in [1.807, 2.05) is 44.2 Å². The SMILES string of the molecule is CNC(=O)[C@H](Cc1ccccc1)NC(=O)[C@H](CC(C)C)N(CCN1C(=O)c2ccccc2C1=O)C(=O)CSC(C)=O. The lowest BCUT2D eigenvalue weighted by Crippen LogP contribution is -2.57. The monoisotopic (exact) mass is 580 g/mol. The van der Waals surface area contributed by atoms with Gasteiger partial charge in [0.25, 0.3) is 11.8 Å². The molecule has 0 unspecified atom stereocenters. The molecule has 2 aromatic carbocycles. The van der Waals surface area contributed by atoms with E-state index in [1.54, 1.807) is 24.3 Å². The van der Waals surface area contributed by atoms with Crippen molar-refractivity contribution >= 4 is 46.4 Å². The number of nitrogens with one attached hydrogen (secondary N) is 2. The van der Waals surface area contributed by atoms with E-state index in [2.05, 4.69) is 10.6 Å². The van der Waals surface area contributed by atoms with Crippen LogP contribution in [-0.2, 0) is 25.6 Å². The fourth-order valence-electron chi connectivity index (χ4n) is 4.67. The number of likely N-dealkylation sites (N-methyl/N-ethyl adjacent to an activating group) is 1. The van der Waals surface area contributed by atoms with E-state index in [-0.39, 0.29) is 59.8 Å². The number of amides is 5. The Labute approximate surface area is 244 Å². The van der Waals surface area contributed by atoms with Crippen LogP contribution in [0, 0.1) is 5.92 Å². The summed E-state index contributed by atoms with van der Waals surface area (Å²) in [4.78, 5) is 79.8. The van der Waals surface area contributed by atoms with Crippen LogP contribution in [0.5, 0.6) is 0 Å². The van der Waals surface area contributed by atoms with Crippen molar-refractivity contribution in [3.63, 3.8) is 0 Å². The molecule has 218 valence electrons. The number of benzene rings is 2. The predicted molar refractivity (Wildman–Crippen MR) is 156 cm³/mol. The van der Waals surface area contributed by atoms with Gasteiger partial charge in [-0.1, -0.05) is 68.1 Å². The highest BCUT2D eigenvalue weighted by atomic mass is 32.2. The molecule has 1 heterocycles. The number of fused-ring (bicyclic) bond motifs is 1. The number of nitrogens with zero attached hydrogens (tertiary/aromatic N) is 2. The summed E-state index contributed by atoms with van der Waals surface area (Å²) >= 11 is 0.816. The molecule has 0 saturated carbocycles. The Morgan fingerprint density at radius 3 is 2.02 bits per heavy atom. The first-order valence-electron chi connectivity index (χ1n) is 13.5. The van der Waals surface area contributed by atoms with Gasteiger partial charge in [0, 0.05) is 33.5 Å². The summed E-state index contributed by atoms with van der Waals surface area (Å²) in [5, 5.41) is 5.14. The van der Waals surface area contributed by atoms with E-state index < -0.39 is 35.7 Å². The zero-order chi connectivity index (χ0) is 30.1. The summed E-state index contributed by atoms with van der Waals surface area (Å²) in [6, 6.07) is 13.8. The van der Waals surface area contributed by atoms with Gasteiger partial charge in [0.05, 0.1) is 16.9 Å². The lowest BCUT2D eigenvalue weighted by molar-refractivity contribution is -0.140. The first-order chi connectivity index (χ1) is 19.5. The molecule has 0 radical (unpaired) electrons. The van der Waals surface area contributed by atoms with Gasteiger partial charge in [-0.3, -0.25) is 33.7 Å². The molecular formula is C30H36N4O6S. The standard InChI is InChI=1S/C30H36N4O6S/c1-19(2)16-25(28(38)32-24(27(37)31-4)17-21-10-6-5-7-11-21)33(26(36)18-41-20(3)35)14-15-34-29(39)22-12-8-9-13-23(22)30(34)40/h5-13,19,24-25H,14-18H2,1-4H3,(H,31,37)(H,32,38)/t24-,25-/m0/s1. The quantitative estimate of drug-likeness (QED) is 0.347. The number of hydrogen-bond donors (Lipinski definition) is 2. The molecule has 0 bridgehead atoms. The van der Waals surface area contributed by atoms with Crippen molar-refractivity contribution in [2.45, 2.75) is 45.7 Å². The summed E-state index contributed by atoms with van der Waals surface area (Å²) in [7, 11) is 1.48. The number of carbonyl (C=O) groups excluding carboxylic acids is 6. The van der Waals surface area contributed by atoms with Crippen LogP contribution in [0.3, 0.4) is 0 Å². The maximum absolute atomic E-state index is 13.8. The Kier molecular flexibility index (Phi) is 11.2. The van der Waals surface area contributed by atoms with Crippen molar-refractivity contribution < 1.29 is 28.8 Å². The lowest BCUT2D eigenvalue weighted by Gasteiger charge is -2.34. The van der Waals surface area contributed by atoms with Crippen LogP contribution >= 0.6 is 11.8 Å². The third kappa shape index (κ3) is 8.26. The highest BCUT2D eigenvalue weighted by molar-refractivity contribution is 8.14. The molecular weight excluding hydrogens is 544 g/mol. The molecule has 0 aliphatic carbocycles. The highest BCUT2D eigenvalue weighted by Gasteiger charge is 2.38. The molecule has 2 aromatic rings. The third-order valence-corrected chi connectivity index (χ3v) is 7.50. The average Bonchev–Trinajstić information content (AvgIpc) is 3.19. The molecule has 1 aliphatic heterocycles. The topological polar surface area (TPSA) is 133 Å². The first-order valence-corrected chi connectivity index (χ1v) is 14.5. The minimum absolute atomic E-state index is 0.0200. The molecule has 0 spiro atoms. The van der Waals surface area contributed by atoms with Gasteiger partial charge in [-0.2, -0.15) is 0 Å². The normalized spacial score (nSPS) is 13.9. The van der Waals surface area contributed by atoms with Crippen LogP contribution in [0.15, 0.2) is 54.6 Å². The lowest BCUT2D eigenvalue weighted by atomic mass is 9.99. The molecule has 11 heteroatoms. The molecule has 0 aromatic heterocycles. The second kappa shape index (κ2) is 14.6. The van der Waals surface area contributed by atoms with Gasteiger partial charge in [-0.25, -0.2) is 0 Å². The number of imide groups is 1. The molecule has 5 amide bonds.